The SMILES string of the molecule is CC(C)CCCN1C(=O)C(CC(C)C)NC(=O)CC1C. The number of carbonyl (C=O) groups excluding carboxylic acids is 2. The summed E-state index contributed by atoms with van der Waals surface area (Å²) < 4.78 is 0. The Morgan fingerprint density at radius 1 is 1.20 bits per heavy atom. The van der Waals surface area contributed by atoms with Crippen LogP contribution in [0.25, 0.3) is 0 Å². The van der Waals surface area contributed by atoms with Crippen LogP contribution in [-0.2, 0) is 9.59 Å². The second-order valence-corrected chi connectivity index (χ2v) is 6.87. The molecule has 4 heteroatoms. The highest BCUT2D eigenvalue weighted by atomic mass is 16.2. The summed E-state index contributed by atoms with van der Waals surface area (Å²) >= 11 is 0. The molecule has 116 valence electrons. The van der Waals surface area contributed by atoms with Crippen molar-refractivity contribution in [1.82, 2.24) is 10.2 Å². The molecule has 1 heterocycles. The maximum absolute atomic E-state index is 12.6. The van der Waals surface area contributed by atoms with Gasteiger partial charge in [0.15, 0.2) is 0 Å². The van der Waals surface area contributed by atoms with Crippen LogP contribution in [0, 0.1) is 11.8 Å². The molecule has 1 aliphatic rings. The van der Waals surface area contributed by atoms with Gasteiger partial charge in [-0.3, -0.25) is 9.59 Å². The monoisotopic (exact) mass is 282 g/mol. The molecule has 0 spiro atoms. The smallest absolute Gasteiger partial charge is 0.245 e. The Morgan fingerprint density at radius 3 is 2.40 bits per heavy atom. The number of hydrogen-bond acceptors (Lipinski definition) is 2. The van der Waals surface area contributed by atoms with Crippen LogP contribution in [0.5, 0.6) is 0 Å². The van der Waals surface area contributed by atoms with Gasteiger partial charge < -0.3 is 10.2 Å². The summed E-state index contributed by atoms with van der Waals surface area (Å²) in [6, 6.07) is -0.335. The molecule has 2 unspecified atom stereocenters. The Balaban J connectivity index is 2.72. The van der Waals surface area contributed by atoms with E-state index in [4.69, 9.17) is 0 Å². The van der Waals surface area contributed by atoms with Crippen molar-refractivity contribution in [2.75, 3.05) is 6.54 Å². The van der Waals surface area contributed by atoms with Crippen molar-refractivity contribution in [1.29, 1.82) is 0 Å². The fraction of sp³-hybridized carbons (Fsp3) is 0.875. The van der Waals surface area contributed by atoms with Gasteiger partial charge in [-0.05, 0) is 38.0 Å². The molecule has 0 aromatic carbocycles. The van der Waals surface area contributed by atoms with Gasteiger partial charge in [-0.15, -0.1) is 0 Å². The second kappa shape index (κ2) is 7.65. The average molecular weight is 282 g/mol. The maximum Gasteiger partial charge on any atom is 0.245 e. The number of hydrogen-bond donors (Lipinski definition) is 1. The van der Waals surface area contributed by atoms with Crippen LogP contribution in [0.2, 0.25) is 0 Å². The minimum Gasteiger partial charge on any atom is -0.344 e. The lowest BCUT2D eigenvalue weighted by Gasteiger charge is -2.29. The molecule has 0 bridgehead atoms. The molecule has 1 N–H and O–H groups in total. The van der Waals surface area contributed by atoms with Gasteiger partial charge in [0.05, 0.1) is 0 Å². The first kappa shape index (κ1) is 17.0. The third kappa shape index (κ3) is 5.14. The first-order chi connectivity index (χ1) is 9.31. The van der Waals surface area contributed by atoms with Crippen molar-refractivity contribution < 1.29 is 9.59 Å². The van der Waals surface area contributed by atoms with Gasteiger partial charge >= 0.3 is 0 Å². The Kier molecular flexibility index (Phi) is 6.50. The van der Waals surface area contributed by atoms with Crippen molar-refractivity contribution in [2.45, 2.75) is 72.4 Å². The largest absolute Gasteiger partial charge is 0.344 e. The van der Waals surface area contributed by atoms with Crippen LogP contribution in [0.3, 0.4) is 0 Å². The Hall–Kier alpha value is -1.06. The van der Waals surface area contributed by atoms with Gasteiger partial charge in [-0.25, -0.2) is 0 Å². The molecular formula is C16H30N2O2. The van der Waals surface area contributed by atoms with E-state index < -0.39 is 0 Å². The van der Waals surface area contributed by atoms with Crippen LogP contribution >= 0.6 is 0 Å². The van der Waals surface area contributed by atoms with Crippen molar-refractivity contribution >= 4 is 11.8 Å². The first-order valence-electron chi connectivity index (χ1n) is 7.91. The molecule has 1 fully saturated rings. The van der Waals surface area contributed by atoms with Crippen molar-refractivity contribution in [3.05, 3.63) is 0 Å². The molecule has 0 radical (unpaired) electrons. The standard InChI is InChI=1S/C16H30N2O2/c1-11(2)7-6-8-18-13(5)10-15(19)17-14(16(18)20)9-12(3)4/h11-14H,6-10H2,1-5H3,(H,17,19). The number of rotatable bonds is 6. The van der Waals surface area contributed by atoms with E-state index >= 15 is 0 Å². The molecule has 0 aromatic heterocycles. The van der Waals surface area contributed by atoms with E-state index in [9.17, 15) is 9.59 Å². The quantitative estimate of drug-likeness (QED) is 0.814. The van der Waals surface area contributed by atoms with Gasteiger partial charge in [0.1, 0.15) is 6.04 Å². The van der Waals surface area contributed by atoms with Crippen LogP contribution in [0.1, 0.15) is 60.3 Å². The third-order valence-corrected chi connectivity index (χ3v) is 3.82. The lowest BCUT2D eigenvalue weighted by atomic mass is 10.0. The Labute approximate surface area is 123 Å². The highest BCUT2D eigenvalue weighted by Crippen LogP contribution is 2.17. The highest BCUT2D eigenvalue weighted by molar-refractivity contribution is 5.90. The first-order valence-corrected chi connectivity index (χ1v) is 7.91. The number of nitrogens with one attached hydrogen (secondary N) is 1. The lowest BCUT2D eigenvalue weighted by molar-refractivity contribution is -0.135. The number of amides is 2. The fourth-order valence-electron chi connectivity index (χ4n) is 2.74. The van der Waals surface area contributed by atoms with E-state index in [1.807, 2.05) is 11.8 Å². The van der Waals surface area contributed by atoms with Crippen molar-refractivity contribution in [3.8, 4) is 0 Å². The molecule has 0 aromatic rings. The van der Waals surface area contributed by atoms with Crippen LogP contribution in [0.4, 0.5) is 0 Å². The summed E-state index contributed by atoms with van der Waals surface area (Å²) in [4.78, 5) is 26.4. The molecular weight excluding hydrogens is 252 g/mol. The summed E-state index contributed by atoms with van der Waals surface area (Å²) in [7, 11) is 0. The zero-order valence-corrected chi connectivity index (χ0v) is 13.6. The zero-order valence-electron chi connectivity index (χ0n) is 13.6. The molecule has 4 nitrogen and oxygen atoms in total. The molecule has 2 amide bonds. The molecule has 1 rings (SSSR count). The molecule has 1 saturated heterocycles. The van der Waals surface area contributed by atoms with Gasteiger partial charge in [0.2, 0.25) is 11.8 Å². The summed E-state index contributed by atoms with van der Waals surface area (Å²) in [5.41, 5.74) is 0. The topological polar surface area (TPSA) is 49.4 Å². The van der Waals surface area contributed by atoms with Gasteiger partial charge in [-0.1, -0.05) is 27.7 Å². The fourth-order valence-corrected chi connectivity index (χ4v) is 2.74. The van der Waals surface area contributed by atoms with E-state index in [0.717, 1.165) is 25.8 Å². The lowest BCUT2D eigenvalue weighted by Crippen LogP contribution is -2.47. The number of carbonyl (C=O) groups is 2. The van der Waals surface area contributed by atoms with Crippen molar-refractivity contribution in [3.63, 3.8) is 0 Å². The predicted octanol–water partition coefficient (Wildman–Crippen LogP) is 2.57. The van der Waals surface area contributed by atoms with E-state index in [1.54, 1.807) is 0 Å². The molecule has 0 aliphatic carbocycles. The van der Waals surface area contributed by atoms with E-state index in [1.165, 1.54) is 0 Å². The van der Waals surface area contributed by atoms with E-state index in [0.29, 0.717) is 18.3 Å². The molecule has 1 aliphatic heterocycles. The van der Waals surface area contributed by atoms with Crippen LogP contribution in [0.15, 0.2) is 0 Å². The summed E-state index contributed by atoms with van der Waals surface area (Å²) in [6.07, 6.45) is 3.27. The van der Waals surface area contributed by atoms with Gasteiger partial charge in [0.25, 0.3) is 0 Å². The van der Waals surface area contributed by atoms with Crippen LogP contribution < -0.4 is 5.32 Å². The molecule has 2 atom stereocenters. The van der Waals surface area contributed by atoms with E-state index in [2.05, 4.69) is 33.0 Å². The normalized spacial score (nSPS) is 24.2. The Morgan fingerprint density at radius 2 is 1.85 bits per heavy atom. The van der Waals surface area contributed by atoms with Crippen molar-refractivity contribution in [2.24, 2.45) is 11.8 Å². The minimum atomic E-state index is -0.341. The molecule has 0 saturated carbocycles. The van der Waals surface area contributed by atoms with Gasteiger partial charge in [0, 0.05) is 19.0 Å². The highest BCUT2D eigenvalue weighted by Gasteiger charge is 2.33. The van der Waals surface area contributed by atoms with Crippen LogP contribution in [-0.4, -0.2) is 35.3 Å². The minimum absolute atomic E-state index is 0.00265. The zero-order chi connectivity index (χ0) is 15.3. The number of nitrogens with zero attached hydrogens (tertiary/aromatic N) is 1. The third-order valence-electron chi connectivity index (χ3n) is 3.82. The Bertz CT molecular complexity index is 339. The molecule has 20 heavy (non-hydrogen) atoms. The van der Waals surface area contributed by atoms with Gasteiger partial charge in [-0.2, -0.15) is 0 Å². The predicted molar refractivity (Wildman–Crippen MR) is 81.2 cm³/mol. The average Bonchev–Trinajstić information content (AvgIpc) is 2.39. The summed E-state index contributed by atoms with van der Waals surface area (Å²) in [6.45, 7) is 11.3. The second-order valence-electron chi connectivity index (χ2n) is 6.87. The summed E-state index contributed by atoms with van der Waals surface area (Å²) in [5, 5.41) is 2.89. The maximum atomic E-state index is 12.6. The summed E-state index contributed by atoms with van der Waals surface area (Å²) in [5.74, 6) is 1.15. The van der Waals surface area contributed by atoms with E-state index in [-0.39, 0.29) is 23.9 Å².